The molecule has 3 aromatic carbocycles. The number of ether oxygens (including phenoxy) is 1. The Balaban J connectivity index is 1.34. The Morgan fingerprint density at radius 1 is 1.03 bits per heavy atom. The number of hydrogen-bond acceptors (Lipinski definition) is 6. The number of aromatic nitrogens is 1. The van der Waals surface area contributed by atoms with Crippen molar-refractivity contribution in [3.05, 3.63) is 77.9 Å². The highest BCUT2D eigenvalue weighted by atomic mass is 32.2. The van der Waals surface area contributed by atoms with Gasteiger partial charge in [0.15, 0.2) is 5.13 Å². The van der Waals surface area contributed by atoms with Crippen molar-refractivity contribution in [2.24, 2.45) is 0 Å². The van der Waals surface area contributed by atoms with E-state index in [9.17, 15) is 9.59 Å². The van der Waals surface area contributed by atoms with Gasteiger partial charge in [0.25, 0.3) is 5.91 Å². The van der Waals surface area contributed by atoms with E-state index in [4.69, 9.17) is 4.74 Å². The summed E-state index contributed by atoms with van der Waals surface area (Å²) in [4.78, 5) is 30.3. The van der Waals surface area contributed by atoms with Crippen molar-refractivity contribution in [1.29, 1.82) is 0 Å². The molecule has 0 atom stereocenters. The molecule has 6 nitrogen and oxygen atoms in total. The second kappa shape index (κ2) is 10.5. The second-order valence-electron chi connectivity index (χ2n) is 7.27. The molecule has 1 aromatic heterocycles. The van der Waals surface area contributed by atoms with Gasteiger partial charge >= 0.3 is 0 Å². The molecule has 0 fully saturated rings. The Bertz CT molecular complexity index is 1300. The Hall–Kier alpha value is -3.36. The van der Waals surface area contributed by atoms with Crippen molar-refractivity contribution < 1.29 is 14.3 Å². The minimum Gasteiger partial charge on any atom is -0.494 e. The number of hydrogen-bond donors (Lipinski definition) is 2. The number of amides is 2. The molecule has 0 radical (unpaired) electrons. The molecule has 2 amide bonds. The van der Waals surface area contributed by atoms with Gasteiger partial charge in [-0.15, -0.1) is 11.8 Å². The van der Waals surface area contributed by atoms with E-state index in [1.165, 1.54) is 23.1 Å². The molecule has 1 heterocycles. The molecule has 0 saturated heterocycles. The number of fused-ring (bicyclic) bond motifs is 1. The molecule has 0 aliphatic heterocycles. The summed E-state index contributed by atoms with van der Waals surface area (Å²) in [5.74, 6) is 0.715. The van der Waals surface area contributed by atoms with Crippen LogP contribution in [0.5, 0.6) is 5.75 Å². The number of rotatable bonds is 8. The van der Waals surface area contributed by atoms with Gasteiger partial charge in [-0.3, -0.25) is 9.59 Å². The molecule has 2 N–H and O–H groups in total. The minimum atomic E-state index is -0.165. The zero-order valence-electron chi connectivity index (χ0n) is 18.3. The monoisotopic (exact) mass is 477 g/mol. The number of thioether (sulfide) groups is 1. The van der Waals surface area contributed by atoms with E-state index in [1.807, 2.05) is 74.5 Å². The van der Waals surface area contributed by atoms with Gasteiger partial charge in [0, 0.05) is 16.1 Å². The third-order valence-corrected chi connectivity index (χ3v) is 6.59. The molecule has 8 heteroatoms. The lowest BCUT2D eigenvalue weighted by Crippen LogP contribution is -2.14. The zero-order chi connectivity index (χ0) is 23.2. The van der Waals surface area contributed by atoms with Gasteiger partial charge < -0.3 is 15.4 Å². The first-order valence-corrected chi connectivity index (χ1v) is 12.2. The third kappa shape index (κ3) is 6.12. The van der Waals surface area contributed by atoms with Crippen LogP contribution in [-0.4, -0.2) is 29.2 Å². The van der Waals surface area contributed by atoms with Gasteiger partial charge in [-0.1, -0.05) is 35.1 Å². The first kappa shape index (κ1) is 22.8. The van der Waals surface area contributed by atoms with Crippen molar-refractivity contribution in [1.82, 2.24) is 4.98 Å². The Kier molecular flexibility index (Phi) is 7.26. The Morgan fingerprint density at radius 2 is 1.88 bits per heavy atom. The van der Waals surface area contributed by atoms with Crippen molar-refractivity contribution in [3.8, 4) is 5.75 Å². The summed E-state index contributed by atoms with van der Waals surface area (Å²) >= 11 is 2.81. The van der Waals surface area contributed by atoms with Crippen LogP contribution in [0.25, 0.3) is 10.2 Å². The van der Waals surface area contributed by atoms with Crippen molar-refractivity contribution in [2.45, 2.75) is 18.7 Å². The molecule has 4 rings (SSSR count). The zero-order valence-corrected chi connectivity index (χ0v) is 19.9. The van der Waals surface area contributed by atoms with Gasteiger partial charge in [0.2, 0.25) is 5.91 Å². The first-order chi connectivity index (χ1) is 16.0. The predicted molar refractivity (Wildman–Crippen MR) is 136 cm³/mol. The molecule has 0 bridgehead atoms. The molecule has 168 valence electrons. The smallest absolute Gasteiger partial charge is 0.255 e. The standard InChI is InChI=1S/C25H23N3O3S2/c1-3-31-19-10-11-21-22(14-19)33-25(27-21)28-23(29)15-32-20-9-5-8-18(13-20)26-24(30)17-7-4-6-16(2)12-17/h4-14H,3,15H2,1-2H3,(H,26,30)(H,27,28,29). The summed E-state index contributed by atoms with van der Waals surface area (Å²) in [6.07, 6.45) is 0. The molecule has 0 unspecified atom stereocenters. The summed E-state index contributed by atoms with van der Waals surface area (Å²) in [7, 11) is 0. The quantitative estimate of drug-likeness (QED) is 0.305. The summed E-state index contributed by atoms with van der Waals surface area (Å²) in [6, 6.07) is 20.6. The van der Waals surface area contributed by atoms with E-state index >= 15 is 0 Å². The average Bonchev–Trinajstić information content (AvgIpc) is 3.19. The van der Waals surface area contributed by atoms with E-state index in [-0.39, 0.29) is 17.6 Å². The highest BCUT2D eigenvalue weighted by molar-refractivity contribution is 8.00. The fourth-order valence-electron chi connectivity index (χ4n) is 3.17. The van der Waals surface area contributed by atoms with Crippen LogP contribution in [0.3, 0.4) is 0 Å². The lowest BCUT2D eigenvalue weighted by Gasteiger charge is -2.08. The number of carbonyl (C=O) groups excluding carboxylic acids is 2. The minimum absolute atomic E-state index is 0.140. The fourth-order valence-corrected chi connectivity index (χ4v) is 4.84. The SMILES string of the molecule is CCOc1ccc2nc(NC(=O)CSc3cccc(NC(=O)c4cccc(C)c4)c3)sc2c1. The molecule has 0 aliphatic carbocycles. The van der Waals surface area contributed by atoms with E-state index in [1.54, 1.807) is 6.07 Å². The normalized spacial score (nSPS) is 10.7. The molecule has 33 heavy (non-hydrogen) atoms. The van der Waals surface area contributed by atoms with Crippen LogP contribution in [0, 0.1) is 6.92 Å². The predicted octanol–water partition coefficient (Wildman–Crippen LogP) is 5.99. The van der Waals surface area contributed by atoms with Gasteiger partial charge in [0.1, 0.15) is 5.75 Å². The number of nitrogens with one attached hydrogen (secondary N) is 2. The number of nitrogens with zero attached hydrogens (tertiary/aromatic N) is 1. The molecular weight excluding hydrogens is 454 g/mol. The molecular formula is C25H23N3O3S2. The topological polar surface area (TPSA) is 80.3 Å². The summed E-state index contributed by atoms with van der Waals surface area (Å²) < 4.78 is 6.48. The summed E-state index contributed by atoms with van der Waals surface area (Å²) in [5.41, 5.74) is 3.14. The van der Waals surface area contributed by atoms with Gasteiger partial charge in [-0.05, 0) is 62.4 Å². The van der Waals surface area contributed by atoms with E-state index in [0.717, 1.165) is 26.4 Å². The number of thiazole rings is 1. The molecule has 4 aromatic rings. The molecule has 0 saturated carbocycles. The van der Waals surface area contributed by atoms with Crippen LogP contribution in [0.1, 0.15) is 22.8 Å². The van der Waals surface area contributed by atoms with Crippen molar-refractivity contribution in [2.75, 3.05) is 23.0 Å². The molecule has 0 aliphatic rings. The highest BCUT2D eigenvalue weighted by Crippen LogP contribution is 2.30. The maximum atomic E-state index is 12.5. The maximum absolute atomic E-state index is 12.5. The average molecular weight is 478 g/mol. The largest absolute Gasteiger partial charge is 0.494 e. The number of aryl methyl sites for hydroxylation is 1. The van der Waals surface area contributed by atoms with E-state index in [0.29, 0.717) is 23.0 Å². The lowest BCUT2D eigenvalue weighted by atomic mass is 10.1. The van der Waals surface area contributed by atoms with Crippen LogP contribution < -0.4 is 15.4 Å². The highest BCUT2D eigenvalue weighted by Gasteiger charge is 2.11. The molecule has 0 spiro atoms. The van der Waals surface area contributed by atoms with Gasteiger partial charge in [0.05, 0.1) is 22.6 Å². The van der Waals surface area contributed by atoms with Crippen LogP contribution in [0.2, 0.25) is 0 Å². The van der Waals surface area contributed by atoms with E-state index < -0.39 is 0 Å². The van der Waals surface area contributed by atoms with Crippen LogP contribution in [-0.2, 0) is 4.79 Å². The van der Waals surface area contributed by atoms with Gasteiger partial charge in [-0.25, -0.2) is 4.98 Å². The third-order valence-electron chi connectivity index (χ3n) is 4.66. The Labute approximate surface area is 200 Å². The first-order valence-electron chi connectivity index (χ1n) is 10.4. The Morgan fingerprint density at radius 3 is 2.70 bits per heavy atom. The van der Waals surface area contributed by atoms with E-state index in [2.05, 4.69) is 15.6 Å². The number of benzene rings is 3. The van der Waals surface area contributed by atoms with Crippen LogP contribution >= 0.6 is 23.1 Å². The van der Waals surface area contributed by atoms with Gasteiger partial charge in [-0.2, -0.15) is 0 Å². The number of carbonyl (C=O) groups is 2. The number of anilines is 2. The fraction of sp³-hybridized carbons (Fsp3) is 0.160. The van der Waals surface area contributed by atoms with Crippen LogP contribution in [0.4, 0.5) is 10.8 Å². The van der Waals surface area contributed by atoms with Crippen molar-refractivity contribution in [3.63, 3.8) is 0 Å². The van der Waals surface area contributed by atoms with Crippen molar-refractivity contribution >= 4 is 55.9 Å². The van der Waals surface area contributed by atoms with Crippen LogP contribution in [0.15, 0.2) is 71.6 Å². The lowest BCUT2D eigenvalue weighted by molar-refractivity contribution is -0.113. The summed E-state index contributed by atoms with van der Waals surface area (Å²) in [6.45, 7) is 4.49. The maximum Gasteiger partial charge on any atom is 0.255 e. The second-order valence-corrected chi connectivity index (χ2v) is 9.35. The summed E-state index contributed by atoms with van der Waals surface area (Å²) in [5, 5.41) is 6.33.